The van der Waals surface area contributed by atoms with E-state index in [0.29, 0.717) is 17.5 Å². The average Bonchev–Trinajstić information content (AvgIpc) is 2.93. The highest BCUT2D eigenvalue weighted by Crippen LogP contribution is 2.23. The van der Waals surface area contributed by atoms with Crippen LogP contribution in [0.2, 0.25) is 0 Å². The van der Waals surface area contributed by atoms with Gasteiger partial charge in [0.25, 0.3) is 5.95 Å². The first kappa shape index (κ1) is 19.1. The summed E-state index contributed by atoms with van der Waals surface area (Å²) in [6, 6.07) is 9.96. The minimum absolute atomic E-state index is 0.0921. The smallest absolute Gasteiger partial charge is 0.252 e. The Morgan fingerprint density at radius 2 is 1.70 bits per heavy atom. The molecule has 0 aliphatic carbocycles. The van der Waals surface area contributed by atoms with E-state index in [4.69, 9.17) is 0 Å². The maximum absolute atomic E-state index is 12.5. The summed E-state index contributed by atoms with van der Waals surface area (Å²) < 4.78 is 1.58. The molecule has 27 heavy (non-hydrogen) atoms. The number of aromatic nitrogens is 4. The zero-order chi connectivity index (χ0) is 19.6. The van der Waals surface area contributed by atoms with E-state index < -0.39 is 0 Å². The molecule has 0 spiro atoms. The van der Waals surface area contributed by atoms with Crippen molar-refractivity contribution in [2.75, 3.05) is 11.1 Å². The lowest BCUT2D eigenvalue weighted by Crippen LogP contribution is -2.18. The van der Waals surface area contributed by atoms with Crippen LogP contribution in [0.25, 0.3) is 5.95 Å². The summed E-state index contributed by atoms with van der Waals surface area (Å²) in [5.74, 6) is 1.26. The Labute approximate surface area is 163 Å². The van der Waals surface area contributed by atoms with Crippen LogP contribution in [0.1, 0.15) is 28.2 Å². The summed E-state index contributed by atoms with van der Waals surface area (Å²) in [6.45, 7) is 9.82. The Morgan fingerprint density at radius 1 is 1.00 bits per heavy atom. The number of benzene rings is 1. The van der Waals surface area contributed by atoms with Gasteiger partial charge in [-0.05, 0) is 52.3 Å². The van der Waals surface area contributed by atoms with Crippen molar-refractivity contribution in [2.24, 2.45) is 0 Å². The quantitative estimate of drug-likeness (QED) is 0.678. The molecule has 0 saturated carbocycles. The van der Waals surface area contributed by atoms with E-state index in [2.05, 4.69) is 52.4 Å². The fraction of sp³-hybridized carbons (Fsp3) is 0.300. The molecule has 2 aromatic heterocycles. The highest BCUT2D eigenvalue weighted by molar-refractivity contribution is 8.00. The second-order valence-electron chi connectivity index (χ2n) is 6.64. The van der Waals surface area contributed by atoms with Gasteiger partial charge in [-0.25, -0.2) is 9.97 Å². The second kappa shape index (κ2) is 7.92. The Bertz CT molecular complexity index is 976. The molecule has 1 aromatic carbocycles. The number of thioether (sulfide) groups is 1. The van der Waals surface area contributed by atoms with E-state index in [-0.39, 0.29) is 5.91 Å². The predicted octanol–water partition coefficient (Wildman–Crippen LogP) is 3.94. The average molecular weight is 382 g/mol. The Hall–Kier alpha value is -2.67. The zero-order valence-corrected chi connectivity index (χ0v) is 17.0. The largest absolute Gasteiger partial charge is 0.310 e. The van der Waals surface area contributed by atoms with E-state index in [1.807, 2.05) is 32.9 Å². The van der Waals surface area contributed by atoms with E-state index in [0.717, 1.165) is 22.0 Å². The van der Waals surface area contributed by atoms with Crippen LogP contribution in [0, 0.1) is 34.6 Å². The molecule has 140 valence electrons. The minimum Gasteiger partial charge on any atom is -0.310 e. The van der Waals surface area contributed by atoms with Gasteiger partial charge in [0.15, 0.2) is 0 Å². The van der Waals surface area contributed by atoms with Crippen LogP contribution in [0.5, 0.6) is 0 Å². The van der Waals surface area contributed by atoms with Gasteiger partial charge in [0, 0.05) is 22.3 Å². The van der Waals surface area contributed by atoms with Crippen molar-refractivity contribution in [2.45, 2.75) is 39.5 Å². The number of hydrogen-bond acceptors (Lipinski definition) is 5. The minimum atomic E-state index is -0.0921. The molecular formula is C20H23N5OS. The number of aryl methyl sites for hydroxylation is 5. The molecule has 6 nitrogen and oxygen atoms in total. The Morgan fingerprint density at radius 3 is 2.37 bits per heavy atom. The van der Waals surface area contributed by atoms with Crippen molar-refractivity contribution >= 4 is 23.5 Å². The van der Waals surface area contributed by atoms with Crippen LogP contribution in [0.15, 0.2) is 35.2 Å². The monoisotopic (exact) mass is 381 g/mol. The molecular weight excluding hydrogens is 358 g/mol. The molecule has 0 radical (unpaired) electrons. The third-order valence-corrected chi connectivity index (χ3v) is 5.12. The second-order valence-corrected chi connectivity index (χ2v) is 7.66. The maximum Gasteiger partial charge on any atom is 0.252 e. The van der Waals surface area contributed by atoms with Crippen LogP contribution in [0.4, 0.5) is 5.82 Å². The van der Waals surface area contributed by atoms with Crippen molar-refractivity contribution in [3.8, 4) is 5.95 Å². The van der Waals surface area contributed by atoms with Gasteiger partial charge >= 0.3 is 0 Å². The molecule has 3 aromatic rings. The first-order chi connectivity index (χ1) is 12.8. The lowest BCUT2D eigenvalue weighted by molar-refractivity contribution is -0.113. The summed E-state index contributed by atoms with van der Waals surface area (Å²) in [7, 11) is 0. The topological polar surface area (TPSA) is 72.7 Å². The van der Waals surface area contributed by atoms with Gasteiger partial charge in [-0.3, -0.25) is 4.79 Å². The highest BCUT2D eigenvalue weighted by atomic mass is 32.2. The predicted molar refractivity (Wildman–Crippen MR) is 109 cm³/mol. The van der Waals surface area contributed by atoms with E-state index in [9.17, 15) is 4.79 Å². The Balaban J connectivity index is 1.74. The van der Waals surface area contributed by atoms with Crippen LogP contribution in [-0.2, 0) is 4.79 Å². The van der Waals surface area contributed by atoms with Gasteiger partial charge in [-0.1, -0.05) is 17.7 Å². The molecule has 3 rings (SSSR count). The number of hydrogen-bond donors (Lipinski definition) is 1. The van der Waals surface area contributed by atoms with Gasteiger partial charge in [0.2, 0.25) is 5.91 Å². The van der Waals surface area contributed by atoms with Crippen molar-refractivity contribution < 1.29 is 4.79 Å². The summed E-state index contributed by atoms with van der Waals surface area (Å²) in [4.78, 5) is 22.4. The standard InChI is InChI=1S/C20H23N5OS/c1-12-6-7-17(13(2)8-12)27-11-19(26)23-18-10-16(5)24-25(18)20-21-14(3)9-15(4)22-20/h6-10H,11H2,1-5H3,(H,23,26). The van der Waals surface area contributed by atoms with Gasteiger partial charge < -0.3 is 5.32 Å². The molecule has 2 heterocycles. The molecule has 0 fully saturated rings. The molecule has 0 bridgehead atoms. The number of carbonyl (C=O) groups excluding carboxylic acids is 1. The van der Waals surface area contributed by atoms with Crippen LogP contribution < -0.4 is 5.32 Å². The molecule has 0 aliphatic rings. The summed E-state index contributed by atoms with van der Waals surface area (Å²) in [5.41, 5.74) is 4.89. The molecule has 0 atom stereocenters. The SMILES string of the molecule is Cc1ccc(SCC(=O)Nc2cc(C)nn2-c2nc(C)cc(C)n2)c(C)c1. The lowest BCUT2D eigenvalue weighted by Gasteiger charge is -2.09. The van der Waals surface area contributed by atoms with E-state index in [1.54, 1.807) is 4.68 Å². The Kier molecular flexibility index (Phi) is 5.60. The van der Waals surface area contributed by atoms with Gasteiger partial charge in [0.05, 0.1) is 11.4 Å². The maximum atomic E-state index is 12.5. The highest BCUT2D eigenvalue weighted by Gasteiger charge is 2.14. The van der Waals surface area contributed by atoms with E-state index >= 15 is 0 Å². The first-order valence-corrected chi connectivity index (χ1v) is 9.69. The zero-order valence-electron chi connectivity index (χ0n) is 16.2. The van der Waals surface area contributed by atoms with Crippen molar-refractivity contribution in [1.82, 2.24) is 19.7 Å². The lowest BCUT2D eigenvalue weighted by atomic mass is 10.2. The third-order valence-electron chi connectivity index (χ3n) is 3.95. The number of nitrogens with one attached hydrogen (secondary N) is 1. The number of nitrogens with zero attached hydrogens (tertiary/aromatic N) is 4. The number of carbonyl (C=O) groups is 1. The van der Waals surface area contributed by atoms with E-state index in [1.165, 1.54) is 22.9 Å². The fourth-order valence-corrected chi connectivity index (χ4v) is 3.64. The van der Waals surface area contributed by atoms with Gasteiger partial charge in [0.1, 0.15) is 5.82 Å². The molecule has 1 N–H and O–H groups in total. The fourth-order valence-electron chi connectivity index (χ4n) is 2.83. The summed E-state index contributed by atoms with van der Waals surface area (Å²) in [6.07, 6.45) is 0. The number of amides is 1. The van der Waals surface area contributed by atoms with Crippen LogP contribution in [0.3, 0.4) is 0 Å². The van der Waals surface area contributed by atoms with Crippen molar-refractivity contribution in [1.29, 1.82) is 0 Å². The summed E-state index contributed by atoms with van der Waals surface area (Å²) in [5, 5.41) is 7.36. The molecule has 0 unspecified atom stereocenters. The number of anilines is 1. The van der Waals surface area contributed by atoms with Gasteiger partial charge in [-0.2, -0.15) is 9.78 Å². The first-order valence-electron chi connectivity index (χ1n) is 8.71. The van der Waals surface area contributed by atoms with Crippen LogP contribution >= 0.6 is 11.8 Å². The van der Waals surface area contributed by atoms with Crippen LogP contribution in [-0.4, -0.2) is 31.4 Å². The third kappa shape index (κ3) is 4.74. The van der Waals surface area contributed by atoms with Gasteiger partial charge in [-0.15, -0.1) is 11.8 Å². The molecule has 1 amide bonds. The summed E-state index contributed by atoms with van der Waals surface area (Å²) >= 11 is 1.52. The normalized spacial score (nSPS) is 10.9. The number of rotatable bonds is 5. The van der Waals surface area contributed by atoms with Crippen molar-refractivity contribution in [3.63, 3.8) is 0 Å². The molecule has 0 saturated heterocycles. The molecule has 7 heteroatoms. The van der Waals surface area contributed by atoms with Crippen molar-refractivity contribution in [3.05, 3.63) is 58.5 Å². The molecule has 0 aliphatic heterocycles.